The van der Waals surface area contributed by atoms with Crippen LogP contribution in [0.1, 0.15) is 6.42 Å². The average Bonchev–Trinajstić information content (AvgIpc) is 2.71. The lowest BCUT2D eigenvalue weighted by atomic mass is 10.2. The van der Waals surface area contributed by atoms with Crippen LogP contribution in [0.15, 0.2) is 18.2 Å². The fraction of sp³-hybridized carbons (Fsp3) is 0.417. The van der Waals surface area contributed by atoms with Gasteiger partial charge in [-0.25, -0.2) is 13.2 Å². The minimum absolute atomic E-state index is 0.0171. The van der Waals surface area contributed by atoms with Gasteiger partial charge in [-0.3, -0.25) is 0 Å². The summed E-state index contributed by atoms with van der Waals surface area (Å²) in [5.41, 5.74) is 0.436. The number of ether oxygens (including phenoxy) is 1. The molecular formula is C12H15ClN2O4S. The third-order valence-electron chi connectivity index (χ3n) is 2.99. The van der Waals surface area contributed by atoms with Gasteiger partial charge in [0, 0.05) is 12.1 Å². The van der Waals surface area contributed by atoms with Crippen molar-refractivity contribution >= 4 is 33.2 Å². The molecule has 0 aromatic heterocycles. The van der Waals surface area contributed by atoms with E-state index in [1.54, 1.807) is 18.2 Å². The topological polar surface area (TPSA) is 84.5 Å². The number of methoxy groups -OCH3 is 1. The Labute approximate surface area is 122 Å². The van der Waals surface area contributed by atoms with E-state index in [0.29, 0.717) is 22.9 Å². The zero-order chi connectivity index (χ0) is 14.8. The first-order valence-electron chi connectivity index (χ1n) is 6.01. The van der Waals surface area contributed by atoms with Crippen LogP contribution in [-0.4, -0.2) is 39.1 Å². The fourth-order valence-corrected chi connectivity index (χ4v) is 3.87. The van der Waals surface area contributed by atoms with E-state index in [9.17, 15) is 13.2 Å². The van der Waals surface area contributed by atoms with E-state index < -0.39 is 15.9 Å². The van der Waals surface area contributed by atoms with E-state index in [4.69, 9.17) is 16.3 Å². The first-order valence-corrected chi connectivity index (χ1v) is 8.21. The predicted molar refractivity (Wildman–Crippen MR) is 77.2 cm³/mol. The van der Waals surface area contributed by atoms with Crippen molar-refractivity contribution in [1.29, 1.82) is 0 Å². The maximum Gasteiger partial charge on any atom is 0.319 e. The van der Waals surface area contributed by atoms with E-state index in [1.807, 2.05) is 0 Å². The number of carbonyl (C=O) groups is 1. The van der Waals surface area contributed by atoms with Crippen LogP contribution in [0.25, 0.3) is 0 Å². The number of carbonyl (C=O) groups excluding carboxylic acids is 1. The molecule has 1 aromatic carbocycles. The van der Waals surface area contributed by atoms with Crippen LogP contribution in [0.3, 0.4) is 0 Å². The van der Waals surface area contributed by atoms with Gasteiger partial charge in [0.25, 0.3) is 0 Å². The van der Waals surface area contributed by atoms with Crippen LogP contribution >= 0.6 is 11.6 Å². The number of sulfone groups is 1. The van der Waals surface area contributed by atoms with Gasteiger partial charge in [-0.05, 0) is 18.6 Å². The van der Waals surface area contributed by atoms with E-state index in [0.717, 1.165) is 0 Å². The monoisotopic (exact) mass is 318 g/mol. The molecule has 8 heteroatoms. The normalized spacial score (nSPS) is 20.4. The van der Waals surface area contributed by atoms with Crippen molar-refractivity contribution in [2.24, 2.45) is 0 Å². The quantitative estimate of drug-likeness (QED) is 0.887. The molecule has 1 saturated heterocycles. The molecular weight excluding hydrogens is 304 g/mol. The molecule has 2 N–H and O–H groups in total. The van der Waals surface area contributed by atoms with Crippen molar-refractivity contribution < 1.29 is 17.9 Å². The summed E-state index contributed by atoms with van der Waals surface area (Å²) in [7, 11) is -1.50. The standard InChI is InChI=1S/C12H15ClN2O4S/c1-19-9-2-3-11(10(13)6-9)15-12(16)14-8-4-5-20(17,18)7-8/h2-3,6,8H,4-5,7H2,1H3,(H2,14,15,16)/t8-/m1/s1. The maximum atomic E-state index is 11.8. The molecule has 0 radical (unpaired) electrons. The summed E-state index contributed by atoms with van der Waals surface area (Å²) in [5.74, 6) is 0.681. The number of amides is 2. The Balaban J connectivity index is 1.95. The van der Waals surface area contributed by atoms with E-state index in [1.165, 1.54) is 7.11 Å². The van der Waals surface area contributed by atoms with Gasteiger partial charge in [0.1, 0.15) is 5.75 Å². The highest BCUT2D eigenvalue weighted by Gasteiger charge is 2.28. The molecule has 0 spiro atoms. The van der Waals surface area contributed by atoms with Gasteiger partial charge in [-0.15, -0.1) is 0 Å². The number of rotatable bonds is 3. The second-order valence-corrected chi connectivity index (χ2v) is 7.18. The lowest BCUT2D eigenvalue weighted by Gasteiger charge is -2.13. The molecule has 0 bridgehead atoms. The van der Waals surface area contributed by atoms with Crippen molar-refractivity contribution in [2.45, 2.75) is 12.5 Å². The molecule has 20 heavy (non-hydrogen) atoms. The van der Waals surface area contributed by atoms with E-state index in [-0.39, 0.29) is 17.5 Å². The molecule has 0 saturated carbocycles. The zero-order valence-electron chi connectivity index (χ0n) is 10.8. The lowest BCUT2D eigenvalue weighted by Crippen LogP contribution is -2.38. The Morgan fingerprint density at radius 2 is 2.20 bits per heavy atom. The van der Waals surface area contributed by atoms with Crippen molar-refractivity contribution in [3.63, 3.8) is 0 Å². The van der Waals surface area contributed by atoms with E-state index >= 15 is 0 Å². The van der Waals surface area contributed by atoms with E-state index in [2.05, 4.69) is 10.6 Å². The van der Waals surface area contributed by atoms with Crippen LogP contribution < -0.4 is 15.4 Å². The van der Waals surface area contributed by atoms with Crippen molar-refractivity contribution in [3.05, 3.63) is 23.2 Å². The largest absolute Gasteiger partial charge is 0.497 e. The molecule has 1 aliphatic rings. The molecule has 2 amide bonds. The number of nitrogens with one attached hydrogen (secondary N) is 2. The highest BCUT2D eigenvalue weighted by atomic mass is 35.5. The Bertz CT molecular complexity index is 618. The van der Waals surface area contributed by atoms with Gasteiger partial charge in [-0.2, -0.15) is 0 Å². The molecule has 1 fully saturated rings. The highest BCUT2D eigenvalue weighted by molar-refractivity contribution is 7.91. The second kappa shape index (κ2) is 5.88. The number of urea groups is 1. The van der Waals surface area contributed by atoms with Gasteiger partial charge < -0.3 is 15.4 Å². The molecule has 1 atom stereocenters. The lowest BCUT2D eigenvalue weighted by molar-refractivity contribution is 0.249. The van der Waals surface area contributed by atoms with Gasteiger partial charge in [0.2, 0.25) is 0 Å². The smallest absolute Gasteiger partial charge is 0.319 e. The van der Waals surface area contributed by atoms with Gasteiger partial charge in [-0.1, -0.05) is 11.6 Å². The third kappa shape index (κ3) is 3.77. The maximum absolute atomic E-state index is 11.8. The summed E-state index contributed by atoms with van der Waals surface area (Å²) in [5, 5.41) is 5.55. The molecule has 1 heterocycles. The van der Waals surface area contributed by atoms with Gasteiger partial charge in [0.15, 0.2) is 9.84 Å². The Morgan fingerprint density at radius 1 is 1.45 bits per heavy atom. The molecule has 110 valence electrons. The van der Waals surface area contributed by atoms with Crippen LogP contribution in [0.4, 0.5) is 10.5 Å². The molecule has 1 aliphatic heterocycles. The number of halogens is 1. The Morgan fingerprint density at radius 3 is 2.75 bits per heavy atom. The highest BCUT2D eigenvalue weighted by Crippen LogP contribution is 2.26. The van der Waals surface area contributed by atoms with Crippen molar-refractivity contribution in [3.8, 4) is 5.75 Å². The van der Waals surface area contributed by atoms with Crippen molar-refractivity contribution in [1.82, 2.24) is 5.32 Å². The van der Waals surface area contributed by atoms with Crippen molar-refractivity contribution in [2.75, 3.05) is 23.9 Å². The SMILES string of the molecule is COc1ccc(NC(=O)N[C@@H]2CCS(=O)(=O)C2)c(Cl)c1. The Hall–Kier alpha value is -1.47. The first kappa shape index (κ1) is 14.9. The number of anilines is 1. The molecule has 0 unspecified atom stereocenters. The van der Waals surface area contributed by atoms with Crippen LogP contribution in [0.2, 0.25) is 5.02 Å². The van der Waals surface area contributed by atoms with Crippen LogP contribution in [0, 0.1) is 0 Å². The zero-order valence-corrected chi connectivity index (χ0v) is 12.4. The van der Waals surface area contributed by atoms with Crippen LogP contribution in [-0.2, 0) is 9.84 Å². The average molecular weight is 319 g/mol. The summed E-state index contributed by atoms with van der Waals surface area (Å²) in [6.45, 7) is 0. The minimum Gasteiger partial charge on any atom is -0.497 e. The molecule has 0 aliphatic carbocycles. The summed E-state index contributed by atoms with van der Waals surface area (Å²) >= 11 is 6.00. The third-order valence-corrected chi connectivity index (χ3v) is 5.07. The fourth-order valence-electron chi connectivity index (χ4n) is 1.98. The van der Waals surface area contributed by atoms with Gasteiger partial charge >= 0.3 is 6.03 Å². The second-order valence-electron chi connectivity index (χ2n) is 4.54. The number of benzene rings is 1. The summed E-state index contributed by atoms with van der Waals surface area (Å²) < 4.78 is 27.6. The summed E-state index contributed by atoms with van der Waals surface area (Å²) in [6, 6.07) is 4.04. The number of hydrogen-bond donors (Lipinski definition) is 2. The predicted octanol–water partition coefficient (Wildman–Crippen LogP) is 1.66. The summed E-state index contributed by atoms with van der Waals surface area (Å²) in [6.07, 6.45) is 0.437. The minimum atomic E-state index is -3.02. The summed E-state index contributed by atoms with van der Waals surface area (Å²) in [4.78, 5) is 11.8. The number of hydrogen-bond acceptors (Lipinski definition) is 4. The molecule has 2 rings (SSSR count). The molecule has 6 nitrogen and oxygen atoms in total. The van der Waals surface area contributed by atoms with Gasteiger partial charge in [0.05, 0.1) is 29.3 Å². The first-order chi connectivity index (χ1) is 9.39. The van der Waals surface area contributed by atoms with Crippen LogP contribution in [0.5, 0.6) is 5.75 Å². The Kier molecular flexibility index (Phi) is 4.39. The molecule has 1 aromatic rings.